The molecule has 0 bridgehead atoms. The van der Waals surface area contributed by atoms with Crippen molar-refractivity contribution in [2.75, 3.05) is 32.0 Å². The van der Waals surface area contributed by atoms with Gasteiger partial charge in [0, 0.05) is 30.1 Å². The Morgan fingerprint density at radius 1 is 0.853 bits per heavy atom. The monoisotopic (exact) mass is 457 g/mol. The molecule has 0 unspecified atom stereocenters. The average molecular weight is 458 g/mol. The van der Waals surface area contributed by atoms with Gasteiger partial charge in [-0.25, -0.2) is 0 Å². The highest BCUT2D eigenvalue weighted by Crippen LogP contribution is 2.47. The number of benzene rings is 2. The first kappa shape index (κ1) is 21.8. The minimum Gasteiger partial charge on any atom is -0.493 e. The molecule has 2 aromatic carbocycles. The van der Waals surface area contributed by atoms with Crippen molar-refractivity contribution in [2.45, 2.75) is 24.8 Å². The molecule has 1 aromatic heterocycles. The third-order valence-corrected chi connectivity index (χ3v) is 6.51. The summed E-state index contributed by atoms with van der Waals surface area (Å²) >= 11 is 0. The van der Waals surface area contributed by atoms with Gasteiger partial charge in [-0.2, -0.15) is 0 Å². The van der Waals surface area contributed by atoms with E-state index in [9.17, 15) is 4.79 Å². The number of Topliss-reactive ketones (excluding diaryl/α,β-unsaturated/α-hetero) is 1. The van der Waals surface area contributed by atoms with Gasteiger partial charge in [0.2, 0.25) is 5.75 Å². The number of anilines is 2. The summed E-state index contributed by atoms with van der Waals surface area (Å²) in [4.78, 5) is 17.8. The Bertz CT molecular complexity index is 1230. The Hall–Kier alpha value is -4.00. The maximum absolute atomic E-state index is 13.7. The Labute approximate surface area is 198 Å². The molecule has 2 aliphatic rings. The molecule has 5 rings (SSSR count). The van der Waals surface area contributed by atoms with Gasteiger partial charge in [-0.15, -0.1) is 0 Å². The predicted octanol–water partition coefficient (Wildman–Crippen LogP) is 5.09. The van der Waals surface area contributed by atoms with Crippen LogP contribution in [0.4, 0.5) is 11.4 Å². The number of fused-ring (bicyclic) bond motifs is 1. The third kappa shape index (κ3) is 3.83. The molecule has 2 heterocycles. The number of allylic oxidation sites excluding steroid dienone is 1. The molecule has 0 saturated heterocycles. The van der Waals surface area contributed by atoms with Crippen molar-refractivity contribution in [1.29, 1.82) is 0 Å². The van der Waals surface area contributed by atoms with Crippen molar-refractivity contribution in [1.82, 2.24) is 4.98 Å². The highest BCUT2D eigenvalue weighted by Gasteiger charge is 2.36. The van der Waals surface area contributed by atoms with Crippen LogP contribution in [-0.2, 0) is 4.79 Å². The minimum absolute atomic E-state index is 0.0317. The van der Waals surface area contributed by atoms with Crippen molar-refractivity contribution < 1.29 is 19.0 Å². The van der Waals surface area contributed by atoms with Gasteiger partial charge >= 0.3 is 0 Å². The largest absolute Gasteiger partial charge is 0.493 e. The summed E-state index contributed by atoms with van der Waals surface area (Å²) < 4.78 is 16.6. The molecule has 7 nitrogen and oxygen atoms in total. The molecule has 3 aromatic rings. The number of para-hydroxylation sites is 2. The fraction of sp³-hybridized carbons (Fsp3) is 0.259. The van der Waals surface area contributed by atoms with E-state index in [1.54, 1.807) is 33.7 Å². The summed E-state index contributed by atoms with van der Waals surface area (Å²) in [6.07, 6.45) is 4.58. The van der Waals surface area contributed by atoms with Crippen LogP contribution in [0.1, 0.15) is 35.9 Å². The first-order valence-corrected chi connectivity index (χ1v) is 11.2. The predicted molar refractivity (Wildman–Crippen MR) is 131 cm³/mol. The van der Waals surface area contributed by atoms with Crippen LogP contribution in [0, 0.1) is 0 Å². The maximum atomic E-state index is 13.7. The normalized spacial score (nSPS) is 19.2. The molecule has 2 N–H and O–H groups in total. The molecular formula is C27H27N3O4. The van der Waals surface area contributed by atoms with Gasteiger partial charge in [0.1, 0.15) is 0 Å². The number of hydrogen-bond donors (Lipinski definition) is 2. The van der Waals surface area contributed by atoms with E-state index in [4.69, 9.17) is 14.2 Å². The summed E-state index contributed by atoms with van der Waals surface area (Å²) in [6.45, 7) is 0. The molecule has 0 amide bonds. The van der Waals surface area contributed by atoms with Gasteiger partial charge < -0.3 is 24.8 Å². The van der Waals surface area contributed by atoms with E-state index in [1.807, 2.05) is 48.5 Å². The van der Waals surface area contributed by atoms with E-state index in [2.05, 4.69) is 15.6 Å². The number of aromatic nitrogens is 1. The number of carbonyl (C=O) groups excluding carboxylic acids is 1. The van der Waals surface area contributed by atoms with Gasteiger partial charge in [-0.1, -0.05) is 12.1 Å². The summed E-state index contributed by atoms with van der Waals surface area (Å²) in [6, 6.07) is 15.5. The zero-order chi connectivity index (χ0) is 23.7. The van der Waals surface area contributed by atoms with Crippen molar-refractivity contribution >= 4 is 17.2 Å². The van der Waals surface area contributed by atoms with Crippen molar-refractivity contribution in [3.63, 3.8) is 0 Å². The Kier molecular flexibility index (Phi) is 5.84. The molecule has 7 heteroatoms. The van der Waals surface area contributed by atoms with E-state index in [1.165, 1.54) is 0 Å². The molecule has 1 aliphatic carbocycles. The van der Waals surface area contributed by atoms with Crippen LogP contribution in [0.25, 0.3) is 0 Å². The SMILES string of the molecule is COc1cc([C@H]2CC(=O)C3=C(C2)Nc2ccccc2N[C@H]3c2ccncc2)cc(OC)c1OC. The lowest BCUT2D eigenvalue weighted by molar-refractivity contribution is -0.116. The van der Waals surface area contributed by atoms with E-state index in [-0.39, 0.29) is 17.7 Å². The Balaban J connectivity index is 1.59. The lowest BCUT2D eigenvalue weighted by atomic mass is 9.78. The van der Waals surface area contributed by atoms with Crippen LogP contribution >= 0.6 is 0 Å². The zero-order valence-electron chi connectivity index (χ0n) is 19.4. The summed E-state index contributed by atoms with van der Waals surface area (Å²) in [7, 11) is 4.78. The third-order valence-electron chi connectivity index (χ3n) is 6.51. The van der Waals surface area contributed by atoms with Crippen LogP contribution in [0.5, 0.6) is 17.2 Å². The standard InChI is InChI=1S/C27H27N3O4/c1-32-23-14-18(15-24(33-2)27(23)34-3)17-12-21-25(22(31)13-17)26(16-8-10-28-11-9-16)30-20-7-5-4-6-19(20)29-21/h4-11,14-15,17,26,29-30H,12-13H2,1-3H3/t17-,26+/m1/s1. The number of carbonyl (C=O) groups is 1. The molecule has 34 heavy (non-hydrogen) atoms. The molecule has 0 radical (unpaired) electrons. The van der Waals surface area contributed by atoms with Crippen molar-refractivity contribution in [2.24, 2.45) is 0 Å². The number of ketones is 1. The number of rotatable bonds is 5. The summed E-state index contributed by atoms with van der Waals surface area (Å²) in [5.41, 5.74) is 5.57. The first-order valence-electron chi connectivity index (χ1n) is 11.2. The highest BCUT2D eigenvalue weighted by atomic mass is 16.5. The second kappa shape index (κ2) is 9.09. The number of methoxy groups -OCH3 is 3. The van der Waals surface area contributed by atoms with E-state index >= 15 is 0 Å². The summed E-state index contributed by atoms with van der Waals surface area (Å²) in [5, 5.41) is 7.15. The molecule has 1 aliphatic heterocycles. The van der Waals surface area contributed by atoms with Crippen molar-refractivity contribution in [3.8, 4) is 17.2 Å². The lowest BCUT2D eigenvalue weighted by Crippen LogP contribution is -2.27. The van der Waals surface area contributed by atoms with Gasteiger partial charge in [-0.3, -0.25) is 9.78 Å². The van der Waals surface area contributed by atoms with Crippen LogP contribution in [0.3, 0.4) is 0 Å². The van der Waals surface area contributed by atoms with Crippen molar-refractivity contribution in [3.05, 3.63) is 83.3 Å². The van der Waals surface area contributed by atoms with Gasteiger partial charge in [0.15, 0.2) is 17.3 Å². The molecule has 0 fully saturated rings. The fourth-order valence-corrected chi connectivity index (χ4v) is 4.87. The lowest BCUT2D eigenvalue weighted by Gasteiger charge is -2.30. The van der Waals surface area contributed by atoms with Crippen LogP contribution in [0.15, 0.2) is 72.2 Å². The smallest absolute Gasteiger partial charge is 0.203 e. The molecule has 0 spiro atoms. The molecular weight excluding hydrogens is 430 g/mol. The average Bonchev–Trinajstić information content (AvgIpc) is 3.05. The number of pyridine rings is 1. The van der Waals surface area contributed by atoms with Gasteiger partial charge in [-0.05, 0) is 59.9 Å². The zero-order valence-corrected chi connectivity index (χ0v) is 19.4. The second-order valence-corrected chi connectivity index (χ2v) is 8.41. The summed E-state index contributed by atoms with van der Waals surface area (Å²) in [5.74, 6) is 1.78. The Morgan fingerprint density at radius 2 is 1.53 bits per heavy atom. The van der Waals surface area contributed by atoms with Gasteiger partial charge in [0.05, 0.1) is 38.7 Å². The number of ether oxygens (including phenoxy) is 3. The van der Waals surface area contributed by atoms with E-state index in [0.29, 0.717) is 30.1 Å². The Morgan fingerprint density at radius 3 is 2.18 bits per heavy atom. The minimum atomic E-state index is -0.262. The number of hydrogen-bond acceptors (Lipinski definition) is 7. The highest BCUT2D eigenvalue weighted by molar-refractivity contribution is 6.01. The first-order chi connectivity index (χ1) is 16.6. The topological polar surface area (TPSA) is 81.7 Å². The molecule has 174 valence electrons. The van der Waals surface area contributed by atoms with Gasteiger partial charge in [0.25, 0.3) is 0 Å². The van der Waals surface area contributed by atoms with Crippen LogP contribution < -0.4 is 24.8 Å². The van der Waals surface area contributed by atoms with E-state index < -0.39 is 0 Å². The van der Waals surface area contributed by atoms with E-state index in [0.717, 1.165) is 33.8 Å². The molecule has 0 saturated carbocycles. The molecule has 2 atom stereocenters. The fourth-order valence-electron chi connectivity index (χ4n) is 4.87. The second-order valence-electron chi connectivity index (χ2n) is 8.41. The quantitative estimate of drug-likeness (QED) is 0.552. The van der Waals surface area contributed by atoms with Crippen LogP contribution in [0.2, 0.25) is 0 Å². The van der Waals surface area contributed by atoms with Crippen LogP contribution in [-0.4, -0.2) is 32.1 Å². The maximum Gasteiger partial charge on any atom is 0.203 e. The number of nitrogens with one attached hydrogen (secondary N) is 2. The number of nitrogens with zero attached hydrogens (tertiary/aromatic N) is 1.